The molecule has 3 nitrogen and oxygen atoms in total. The third-order valence-electron chi connectivity index (χ3n) is 5.49. The lowest BCUT2D eigenvalue weighted by Crippen LogP contribution is -2.43. The summed E-state index contributed by atoms with van der Waals surface area (Å²) in [5.74, 6) is 3.93. The molecule has 1 aromatic heterocycles. The van der Waals surface area contributed by atoms with E-state index in [2.05, 4.69) is 29.3 Å². The van der Waals surface area contributed by atoms with E-state index in [1.807, 2.05) is 0 Å². The van der Waals surface area contributed by atoms with Crippen LogP contribution in [-0.4, -0.2) is 30.1 Å². The number of nitrogens with one attached hydrogen (secondary N) is 1. The van der Waals surface area contributed by atoms with Gasteiger partial charge in [-0.2, -0.15) is 0 Å². The minimum absolute atomic E-state index is 0.703. The van der Waals surface area contributed by atoms with Gasteiger partial charge in [0.25, 0.3) is 0 Å². The van der Waals surface area contributed by atoms with E-state index in [-0.39, 0.29) is 0 Å². The van der Waals surface area contributed by atoms with Gasteiger partial charge in [-0.25, -0.2) is 0 Å². The first-order valence-corrected chi connectivity index (χ1v) is 8.37. The lowest BCUT2D eigenvalue weighted by molar-refractivity contribution is 0.191. The molecule has 3 heterocycles. The summed E-state index contributed by atoms with van der Waals surface area (Å²) in [5.41, 5.74) is 0. The summed E-state index contributed by atoms with van der Waals surface area (Å²) in [6.07, 6.45) is 6.70. The van der Waals surface area contributed by atoms with Gasteiger partial charge in [0.05, 0.1) is 6.54 Å². The quantitative estimate of drug-likeness (QED) is 0.914. The number of hydrogen-bond donors (Lipinski definition) is 1. The second-order valence-electron chi connectivity index (χ2n) is 7.01. The minimum atomic E-state index is 0.703. The molecule has 3 aliphatic rings. The maximum Gasteiger partial charge on any atom is 0.118 e. The van der Waals surface area contributed by atoms with Crippen LogP contribution in [0.15, 0.2) is 16.5 Å². The molecule has 110 valence electrons. The average Bonchev–Trinajstić information content (AvgIpc) is 2.94. The van der Waals surface area contributed by atoms with Gasteiger partial charge >= 0.3 is 0 Å². The molecule has 0 spiro atoms. The molecule has 0 amide bonds. The Hall–Kier alpha value is -0.800. The van der Waals surface area contributed by atoms with Gasteiger partial charge < -0.3 is 9.73 Å². The molecule has 3 fully saturated rings. The van der Waals surface area contributed by atoms with Crippen LogP contribution in [0.3, 0.4) is 0 Å². The van der Waals surface area contributed by atoms with Gasteiger partial charge in [-0.1, -0.05) is 6.92 Å². The first-order valence-electron chi connectivity index (χ1n) is 8.37. The fourth-order valence-electron chi connectivity index (χ4n) is 4.14. The van der Waals surface area contributed by atoms with E-state index < -0.39 is 0 Å². The van der Waals surface area contributed by atoms with Crippen LogP contribution >= 0.6 is 0 Å². The SMILES string of the molecule is CC1CC1c1ccc(CN2CCCC2C2CCCN2)o1. The molecule has 1 aromatic rings. The van der Waals surface area contributed by atoms with Crippen molar-refractivity contribution in [1.29, 1.82) is 0 Å². The molecule has 4 atom stereocenters. The molecule has 1 N–H and O–H groups in total. The fourth-order valence-corrected chi connectivity index (χ4v) is 4.14. The topological polar surface area (TPSA) is 28.4 Å². The van der Waals surface area contributed by atoms with Gasteiger partial charge in [-0.05, 0) is 63.2 Å². The molecule has 4 rings (SSSR count). The first-order chi connectivity index (χ1) is 9.81. The summed E-state index contributed by atoms with van der Waals surface area (Å²) in [6, 6.07) is 5.86. The Bertz CT molecular complexity index is 463. The molecule has 0 aromatic carbocycles. The van der Waals surface area contributed by atoms with Crippen LogP contribution < -0.4 is 5.32 Å². The molecular formula is C17H26N2O. The minimum Gasteiger partial charge on any atom is -0.464 e. The Morgan fingerprint density at radius 1 is 1.30 bits per heavy atom. The molecule has 1 saturated carbocycles. The van der Waals surface area contributed by atoms with Gasteiger partial charge in [0.1, 0.15) is 11.5 Å². The van der Waals surface area contributed by atoms with Gasteiger partial charge in [-0.3, -0.25) is 4.90 Å². The highest BCUT2D eigenvalue weighted by Gasteiger charge is 2.37. The van der Waals surface area contributed by atoms with Crippen molar-refractivity contribution in [3.05, 3.63) is 23.7 Å². The highest BCUT2D eigenvalue weighted by molar-refractivity contribution is 5.17. The van der Waals surface area contributed by atoms with E-state index in [1.54, 1.807) is 0 Å². The smallest absolute Gasteiger partial charge is 0.118 e. The van der Waals surface area contributed by atoms with Crippen molar-refractivity contribution in [1.82, 2.24) is 10.2 Å². The van der Waals surface area contributed by atoms with Gasteiger partial charge in [-0.15, -0.1) is 0 Å². The van der Waals surface area contributed by atoms with Crippen molar-refractivity contribution < 1.29 is 4.42 Å². The van der Waals surface area contributed by atoms with Crippen LogP contribution in [0, 0.1) is 5.92 Å². The summed E-state index contributed by atoms with van der Waals surface area (Å²) < 4.78 is 6.09. The van der Waals surface area contributed by atoms with E-state index in [9.17, 15) is 0 Å². The molecule has 20 heavy (non-hydrogen) atoms. The third kappa shape index (κ3) is 2.42. The molecule has 0 bridgehead atoms. The van der Waals surface area contributed by atoms with Crippen molar-refractivity contribution in [3.63, 3.8) is 0 Å². The molecule has 4 unspecified atom stereocenters. The zero-order chi connectivity index (χ0) is 13.5. The van der Waals surface area contributed by atoms with E-state index in [0.717, 1.165) is 24.5 Å². The highest BCUT2D eigenvalue weighted by atomic mass is 16.3. The number of nitrogens with zero attached hydrogens (tertiary/aromatic N) is 1. The number of rotatable bonds is 4. The number of hydrogen-bond acceptors (Lipinski definition) is 3. The second kappa shape index (κ2) is 5.19. The average molecular weight is 274 g/mol. The van der Waals surface area contributed by atoms with Crippen LogP contribution in [0.25, 0.3) is 0 Å². The highest BCUT2D eigenvalue weighted by Crippen LogP contribution is 2.47. The van der Waals surface area contributed by atoms with Gasteiger partial charge in [0.2, 0.25) is 0 Å². The number of furan rings is 1. The molecular weight excluding hydrogens is 248 g/mol. The van der Waals surface area contributed by atoms with E-state index in [0.29, 0.717) is 5.92 Å². The summed E-state index contributed by atoms with van der Waals surface area (Å²) in [4.78, 5) is 2.64. The Morgan fingerprint density at radius 3 is 2.95 bits per heavy atom. The largest absolute Gasteiger partial charge is 0.464 e. The van der Waals surface area contributed by atoms with Crippen LogP contribution in [0.4, 0.5) is 0 Å². The van der Waals surface area contributed by atoms with Crippen molar-refractivity contribution >= 4 is 0 Å². The Morgan fingerprint density at radius 2 is 2.20 bits per heavy atom. The van der Waals surface area contributed by atoms with Crippen LogP contribution in [-0.2, 0) is 6.54 Å². The summed E-state index contributed by atoms with van der Waals surface area (Å²) >= 11 is 0. The zero-order valence-corrected chi connectivity index (χ0v) is 12.5. The standard InChI is InChI=1S/C17H26N2O/c1-12-10-14(12)17-7-6-13(20-17)11-19-9-3-5-16(19)15-4-2-8-18-15/h6-7,12,14-16,18H,2-5,8-11H2,1H3. The normalized spacial score (nSPS) is 37.6. The Balaban J connectivity index is 1.41. The van der Waals surface area contributed by atoms with Crippen molar-refractivity contribution in [2.45, 2.75) is 63.6 Å². The first kappa shape index (κ1) is 12.9. The number of likely N-dealkylation sites (tertiary alicyclic amines) is 1. The predicted molar refractivity (Wildman–Crippen MR) is 79.7 cm³/mol. The lowest BCUT2D eigenvalue weighted by Gasteiger charge is -2.28. The van der Waals surface area contributed by atoms with Crippen molar-refractivity contribution in [3.8, 4) is 0 Å². The molecule has 0 radical (unpaired) electrons. The molecule has 3 heteroatoms. The van der Waals surface area contributed by atoms with Crippen LogP contribution in [0.5, 0.6) is 0 Å². The Kier molecular flexibility index (Phi) is 3.35. The van der Waals surface area contributed by atoms with Crippen molar-refractivity contribution in [2.75, 3.05) is 13.1 Å². The molecule has 2 aliphatic heterocycles. The van der Waals surface area contributed by atoms with E-state index >= 15 is 0 Å². The maximum absolute atomic E-state index is 6.09. The second-order valence-corrected chi connectivity index (χ2v) is 7.01. The van der Waals surface area contributed by atoms with Crippen LogP contribution in [0.1, 0.15) is 56.5 Å². The van der Waals surface area contributed by atoms with E-state index in [1.165, 1.54) is 56.7 Å². The van der Waals surface area contributed by atoms with Gasteiger partial charge in [0, 0.05) is 18.0 Å². The molecule has 1 aliphatic carbocycles. The summed E-state index contributed by atoms with van der Waals surface area (Å²) in [6.45, 7) is 5.76. The van der Waals surface area contributed by atoms with E-state index in [4.69, 9.17) is 4.42 Å². The molecule has 2 saturated heterocycles. The summed E-state index contributed by atoms with van der Waals surface area (Å²) in [5, 5.41) is 3.68. The third-order valence-corrected chi connectivity index (χ3v) is 5.49. The fraction of sp³-hybridized carbons (Fsp3) is 0.765. The lowest BCUT2D eigenvalue weighted by atomic mass is 10.0. The zero-order valence-electron chi connectivity index (χ0n) is 12.5. The predicted octanol–water partition coefficient (Wildman–Crippen LogP) is 3.12. The maximum atomic E-state index is 6.09. The van der Waals surface area contributed by atoms with Crippen molar-refractivity contribution in [2.24, 2.45) is 5.92 Å². The van der Waals surface area contributed by atoms with Gasteiger partial charge in [0.15, 0.2) is 0 Å². The monoisotopic (exact) mass is 274 g/mol. The van der Waals surface area contributed by atoms with Crippen LogP contribution in [0.2, 0.25) is 0 Å². The summed E-state index contributed by atoms with van der Waals surface area (Å²) in [7, 11) is 0. The Labute approximate surface area is 121 Å².